The lowest BCUT2D eigenvalue weighted by Crippen LogP contribution is -2.35. The van der Waals surface area contributed by atoms with E-state index in [2.05, 4.69) is 20.2 Å². The lowest BCUT2D eigenvalue weighted by molar-refractivity contribution is 0.0201. The van der Waals surface area contributed by atoms with Gasteiger partial charge in [0.1, 0.15) is 24.9 Å². The minimum absolute atomic E-state index is 0.0391. The summed E-state index contributed by atoms with van der Waals surface area (Å²) in [5.74, 6) is 1.90. The van der Waals surface area contributed by atoms with Crippen molar-refractivity contribution in [2.24, 2.45) is 0 Å². The molecule has 9 heteroatoms. The molecule has 1 aliphatic rings. The molecule has 188 valence electrons. The first-order valence-corrected chi connectivity index (χ1v) is 12.4. The normalized spacial score (nSPS) is 16.7. The molecule has 0 aliphatic carbocycles. The number of hydrogen-bond donors (Lipinski definition) is 2. The number of methoxy groups -OCH3 is 1. The quantitative estimate of drug-likeness (QED) is 0.391. The molecule has 4 rings (SSSR count). The highest BCUT2D eigenvalue weighted by molar-refractivity contribution is 6.31. The Morgan fingerprint density at radius 2 is 2.09 bits per heavy atom. The van der Waals surface area contributed by atoms with Crippen LogP contribution in [0.3, 0.4) is 0 Å². The van der Waals surface area contributed by atoms with E-state index in [1.807, 2.05) is 37.3 Å². The van der Waals surface area contributed by atoms with Gasteiger partial charge < -0.3 is 29.5 Å². The van der Waals surface area contributed by atoms with Crippen LogP contribution in [0, 0.1) is 6.92 Å². The fourth-order valence-electron chi connectivity index (χ4n) is 4.20. The summed E-state index contributed by atoms with van der Waals surface area (Å²) < 4.78 is 17.8. The van der Waals surface area contributed by atoms with E-state index >= 15 is 0 Å². The molecular formula is C26H33ClN4O4. The van der Waals surface area contributed by atoms with Crippen molar-refractivity contribution in [3.63, 3.8) is 0 Å². The molecular weight excluding hydrogens is 468 g/mol. The Balaban J connectivity index is 1.49. The van der Waals surface area contributed by atoms with Gasteiger partial charge in [-0.1, -0.05) is 11.6 Å². The van der Waals surface area contributed by atoms with Gasteiger partial charge in [0.15, 0.2) is 11.5 Å². The smallest absolute Gasteiger partial charge is 0.163 e. The number of hydrogen-bond acceptors (Lipinski definition) is 8. The lowest BCUT2D eigenvalue weighted by Gasteiger charge is -2.24. The van der Waals surface area contributed by atoms with Crippen LogP contribution in [-0.4, -0.2) is 72.6 Å². The van der Waals surface area contributed by atoms with Crippen LogP contribution < -0.4 is 14.8 Å². The number of unbranched alkanes of at least 4 members (excludes halogenated alkanes) is 1. The molecule has 0 bridgehead atoms. The molecule has 0 spiro atoms. The van der Waals surface area contributed by atoms with Crippen LogP contribution >= 0.6 is 11.6 Å². The number of rotatable bonds is 10. The van der Waals surface area contributed by atoms with Crippen molar-refractivity contribution in [3.05, 3.63) is 47.2 Å². The monoisotopic (exact) mass is 500 g/mol. The number of aromatic nitrogens is 2. The average Bonchev–Trinajstić information content (AvgIpc) is 3.10. The topological polar surface area (TPSA) is 89.0 Å². The number of aliphatic hydroxyl groups excluding tert-OH is 1. The largest absolute Gasteiger partial charge is 0.493 e. The highest BCUT2D eigenvalue weighted by Crippen LogP contribution is 2.35. The second-order valence-electron chi connectivity index (χ2n) is 8.72. The van der Waals surface area contributed by atoms with Crippen molar-refractivity contribution < 1.29 is 19.3 Å². The van der Waals surface area contributed by atoms with Crippen LogP contribution in [0.4, 0.5) is 11.5 Å². The first-order valence-electron chi connectivity index (χ1n) is 12.0. The standard InChI is InChI=1S/C26H33ClN4O4/c1-18-12-19(6-7-22(18)27)30-26-21-13-24(33-2)25(14-23(21)28-17-29-26)35-16-20-15-31(8-3-4-10-32)9-5-11-34-20/h6-7,12-14,17,20,32H,3-5,8-11,15-16H2,1-2H3,(H,28,29,30). The van der Waals surface area contributed by atoms with Gasteiger partial charge in [0, 0.05) is 48.5 Å². The fourth-order valence-corrected chi connectivity index (χ4v) is 4.32. The van der Waals surface area contributed by atoms with Crippen molar-refractivity contribution >= 4 is 34.0 Å². The summed E-state index contributed by atoms with van der Waals surface area (Å²) in [6.45, 7) is 6.09. The van der Waals surface area contributed by atoms with E-state index in [1.165, 1.54) is 6.33 Å². The summed E-state index contributed by atoms with van der Waals surface area (Å²) >= 11 is 6.16. The van der Waals surface area contributed by atoms with Crippen molar-refractivity contribution in [2.75, 3.05) is 51.9 Å². The van der Waals surface area contributed by atoms with Crippen LogP contribution in [0.1, 0.15) is 24.8 Å². The van der Waals surface area contributed by atoms with Crippen LogP contribution in [0.15, 0.2) is 36.7 Å². The molecule has 3 aromatic rings. The summed E-state index contributed by atoms with van der Waals surface area (Å²) in [5.41, 5.74) is 2.62. The number of nitrogens with one attached hydrogen (secondary N) is 1. The predicted octanol–water partition coefficient (Wildman–Crippen LogP) is 4.59. The minimum Gasteiger partial charge on any atom is -0.493 e. The molecule has 35 heavy (non-hydrogen) atoms. The van der Waals surface area contributed by atoms with E-state index in [0.29, 0.717) is 30.5 Å². The highest BCUT2D eigenvalue weighted by atomic mass is 35.5. The second kappa shape index (κ2) is 12.4. The number of nitrogens with zero attached hydrogens (tertiary/aromatic N) is 3. The maximum Gasteiger partial charge on any atom is 0.163 e. The maximum absolute atomic E-state index is 9.06. The third-order valence-corrected chi connectivity index (χ3v) is 6.51. The lowest BCUT2D eigenvalue weighted by atomic mass is 10.2. The number of fused-ring (bicyclic) bond motifs is 1. The summed E-state index contributed by atoms with van der Waals surface area (Å²) in [6, 6.07) is 9.52. The highest BCUT2D eigenvalue weighted by Gasteiger charge is 2.20. The molecule has 0 radical (unpaired) electrons. The summed E-state index contributed by atoms with van der Waals surface area (Å²) in [6.07, 6.45) is 4.29. The van der Waals surface area contributed by atoms with Crippen molar-refractivity contribution in [1.29, 1.82) is 0 Å². The molecule has 0 saturated carbocycles. The van der Waals surface area contributed by atoms with Gasteiger partial charge in [-0.3, -0.25) is 0 Å². The molecule has 2 aromatic carbocycles. The maximum atomic E-state index is 9.06. The molecule has 1 unspecified atom stereocenters. The molecule has 1 aliphatic heterocycles. The SMILES string of the molecule is COc1cc2c(Nc3ccc(Cl)c(C)c3)ncnc2cc1OCC1CN(CCCCO)CCCO1. The summed E-state index contributed by atoms with van der Waals surface area (Å²) in [5, 5.41) is 14.0. The average molecular weight is 501 g/mol. The van der Waals surface area contributed by atoms with Gasteiger partial charge in [-0.05, 0) is 62.6 Å². The molecule has 1 atom stereocenters. The zero-order chi connectivity index (χ0) is 24.6. The Hall–Kier alpha value is -2.65. The Kier molecular flexibility index (Phi) is 8.98. The fraction of sp³-hybridized carbons (Fsp3) is 0.462. The van der Waals surface area contributed by atoms with Crippen molar-refractivity contribution in [3.8, 4) is 11.5 Å². The van der Waals surface area contributed by atoms with Gasteiger partial charge in [-0.25, -0.2) is 9.97 Å². The summed E-state index contributed by atoms with van der Waals surface area (Å²) in [7, 11) is 1.62. The third-order valence-electron chi connectivity index (χ3n) is 6.08. The van der Waals surface area contributed by atoms with Crippen molar-refractivity contribution in [2.45, 2.75) is 32.3 Å². The van der Waals surface area contributed by atoms with Crippen LogP contribution in [0.25, 0.3) is 10.9 Å². The Morgan fingerprint density at radius 3 is 2.89 bits per heavy atom. The predicted molar refractivity (Wildman–Crippen MR) is 138 cm³/mol. The molecule has 1 fully saturated rings. The second-order valence-corrected chi connectivity index (χ2v) is 9.13. The first-order chi connectivity index (χ1) is 17.1. The minimum atomic E-state index is -0.0391. The summed E-state index contributed by atoms with van der Waals surface area (Å²) in [4.78, 5) is 11.3. The van der Waals surface area contributed by atoms with Gasteiger partial charge in [-0.15, -0.1) is 0 Å². The van der Waals surface area contributed by atoms with Crippen LogP contribution in [0.5, 0.6) is 11.5 Å². The Labute approximate surface area is 211 Å². The molecule has 1 aromatic heterocycles. The van der Waals surface area contributed by atoms with E-state index in [0.717, 1.165) is 66.1 Å². The number of ether oxygens (including phenoxy) is 3. The number of aryl methyl sites for hydroxylation is 1. The Morgan fingerprint density at radius 1 is 1.20 bits per heavy atom. The van der Waals surface area contributed by atoms with Crippen LogP contribution in [0.2, 0.25) is 5.02 Å². The first kappa shape index (κ1) is 25.4. The van der Waals surface area contributed by atoms with Gasteiger partial charge in [0.2, 0.25) is 0 Å². The van der Waals surface area contributed by atoms with Crippen molar-refractivity contribution in [1.82, 2.24) is 14.9 Å². The van der Waals surface area contributed by atoms with E-state index in [-0.39, 0.29) is 12.7 Å². The van der Waals surface area contributed by atoms with Gasteiger partial charge in [0.05, 0.1) is 12.6 Å². The third kappa shape index (κ3) is 6.73. The zero-order valence-electron chi connectivity index (χ0n) is 20.3. The van der Waals surface area contributed by atoms with Gasteiger partial charge >= 0.3 is 0 Å². The Bertz CT molecular complexity index is 1130. The molecule has 0 amide bonds. The number of benzene rings is 2. The molecule has 2 N–H and O–H groups in total. The number of halogens is 1. The zero-order valence-corrected chi connectivity index (χ0v) is 21.1. The van der Waals surface area contributed by atoms with E-state index in [4.69, 9.17) is 30.9 Å². The van der Waals surface area contributed by atoms with E-state index < -0.39 is 0 Å². The number of aliphatic hydroxyl groups is 1. The molecule has 2 heterocycles. The van der Waals surface area contributed by atoms with E-state index in [1.54, 1.807) is 7.11 Å². The molecule has 1 saturated heterocycles. The van der Waals surface area contributed by atoms with Gasteiger partial charge in [0.25, 0.3) is 0 Å². The number of anilines is 2. The van der Waals surface area contributed by atoms with E-state index in [9.17, 15) is 0 Å². The van der Waals surface area contributed by atoms with Crippen LogP contribution in [-0.2, 0) is 4.74 Å². The molecule has 8 nitrogen and oxygen atoms in total. The van der Waals surface area contributed by atoms with Gasteiger partial charge in [-0.2, -0.15) is 0 Å².